The largest absolute Gasteiger partial charge is 0.349 e. The van der Waals surface area contributed by atoms with E-state index in [4.69, 9.17) is 5.73 Å². The third-order valence-corrected chi connectivity index (χ3v) is 2.82. The molecule has 0 aromatic carbocycles. The summed E-state index contributed by atoms with van der Waals surface area (Å²) in [6, 6.07) is 1.99. The summed E-state index contributed by atoms with van der Waals surface area (Å²) in [6.45, 7) is 2.39. The van der Waals surface area contributed by atoms with Gasteiger partial charge < -0.3 is 11.1 Å². The molecule has 1 aromatic heterocycles. The molecule has 0 radical (unpaired) electrons. The summed E-state index contributed by atoms with van der Waals surface area (Å²) in [6.07, 6.45) is 4.24. The molecule has 2 unspecified atom stereocenters. The minimum absolute atomic E-state index is 0.0805. The van der Waals surface area contributed by atoms with Gasteiger partial charge in [-0.15, -0.1) is 0 Å². The maximum absolute atomic E-state index is 12.0. The van der Waals surface area contributed by atoms with E-state index < -0.39 is 0 Å². The highest BCUT2D eigenvalue weighted by molar-refractivity contribution is 5.96. The van der Waals surface area contributed by atoms with Crippen molar-refractivity contribution in [2.45, 2.75) is 19.4 Å². The van der Waals surface area contributed by atoms with Crippen molar-refractivity contribution in [3.05, 3.63) is 29.6 Å². The number of nitrogens with zero attached hydrogens (tertiary/aromatic N) is 1. The van der Waals surface area contributed by atoms with E-state index in [1.165, 1.54) is 0 Å². The van der Waals surface area contributed by atoms with Gasteiger partial charge in [-0.25, -0.2) is 0 Å². The lowest BCUT2D eigenvalue weighted by Crippen LogP contribution is -2.27. The van der Waals surface area contributed by atoms with E-state index in [0.717, 1.165) is 6.42 Å². The van der Waals surface area contributed by atoms with Crippen LogP contribution in [0.1, 0.15) is 29.3 Å². The summed E-state index contributed by atoms with van der Waals surface area (Å²) in [5.74, 6) is 6.10. The average Bonchev–Trinajstić information content (AvgIpc) is 3.02. The quantitative estimate of drug-likeness (QED) is 0.727. The normalized spacial score (nSPS) is 21.3. The van der Waals surface area contributed by atoms with Crippen LogP contribution in [0.4, 0.5) is 0 Å². The van der Waals surface area contributed by atoms with Crippen molar-refractivity contribution in [1.82, 2.24) is 10.3 Å². The van der Waals surface area contributed by atoms with Crippen molar-refractivity contribution < 1.29 is 4.79 Å². The van der Waals surface area contributed by atoms with Crippen LogP contribution < -0.4 is 11.1 Å². The number of amides is 1. The predicted octanol–water partition coefficient (Wildman–Crippen LogP) is 0.530. The molecule has 1 amide bonds. The molecule has 88 valence electrons. The number of rotatable bonds is 2. The highest BCUT2D eigenvalue weighted by atomic mass is 16.1. The van der Waals surface area contributed by atoms with Gasteiger partial charge in [-0.05, 0) is 18.4 Å². The fourth-order valence-electron chi connectivity index (χ4n) is 1.61. The van der Waals surface area contributed by atoms with Gasteiger partial charge in [0.15, 0.2) is 0 Å². The Kier molecular flexibility index (Phi) is 3.40. The number of hydrogen-bond donors (Lipinski definition) is 2. The fourth-order valence-corrected chi connectivity index (χ4v) is 1.61. The Hall–Kier alpha value is -1.86. The lowest BCUT2D eigenvalue weighted by atomic mass is 10.1. The second-order valence-corrected chi connectivity index (χ2v) is 4.22. The molecule has 0 bridgehead atoms. The first-order valence-electron chi connectivity index (χ1n) is 5.66. The van der Waals surface area contributed by atoms with E-state index in [-0.39, 0.29) is 12.5 Å². The molecule has 1 saturated carbocycles. The van der Waals surface area contributed by atoms with Gasteiger partial charge in [0.25, 0.3) is 5.91 Å². The number of carbonyl (C=O) groups excluding carboxylic acids is 1. The Morgan fingerprint density at radius 1 is 1.71 bits per heavy atom. The Morgan fingerprint density at radius 2 is 2.47 bits per heavy atom. The molecule has 1 aliphatic carbocycles. The van der Waals surface area contributed by atoms with E-state index in [1.807, 2.05) is 0 Å². The summed E-state index contributed by atoms with van der Waals surface area (Å²) in [7, 11) is 0. The molecular weight excluding hydrogens is 214 g/mol. The van der Waals surface area contributed by atoms with E-state index >= 15 is 0 Å². The minimum atomic E-state index is -0.0805. The first kappa shape index (κ1) is 11.6. The minimum Gasteiger partial charge on any atom is -0.349 e. The van der Waals surface area contributed by atoms with Gasteiger partial charge in [0.05, 0.1) is 17.7 Å². The number of hydrogen-bond acceptors (Lipinski definition) is 3. The van der Waals surface area contributed by atoms with Crippen molar-refractivity contribution in [3.63, 3.8) is 0 Å². The molecule has 1 aromatic rings. The standard InChI is InChI=1S/C13H15N3O/c1-9-7-12(9)16-13(17)11-4-6-15-8-10(11)3-2-5-14/h4,6,8-9,12H,5,7,14H2,1H3,(H,16,17). The molecule has 2 atom stereocenters. The zero-order chi connectivity index (χ0) is 12.3. The molecule has 4 heteroatoms. The number of aromatic nitrogens is 1. The lowest BCUT2D eigenvalue weighted by molar-refractivity contribution is 0.0949. The Balaban J connectivity index is 2.16. The van der Waals surface area contributed by atoms with Crippen LogP contribution in [-0.4, -0.2) is 23.5 Å². The smallest absolute Gasteiger partial charge is 0.252 e. The zero-order valence-electron chi connectivity index (χ0n) is 9.73. The third-order valence-electron chi connectivity index (χ3n) is 2.82. The van der Waals surface area contributed by atoms with Crippen molar-refractivity contribution in [2.24, 2.45) is 11.7 Å². The van der Waals surface area contributed by atoms with Crippen LogP contribution in [0.2, 0.25) is 0 Å². The van der Waals surface area contributed by atoms with Gasteiger partial charge in [0.2, 0.25) is 0 Å². The van der Waals surface area contributed by atoms with E-state index in [0.29, 0.717) is 23.1 Å². The third kappa shape index (κ3) is 2.83. The molecule has 0 spiro atoms. The summed E-state index contributed by atoms with van der Waals surface area (Å²) in [5, 5.41) is 2.97. The highest BCUT2D eigenvalue weighted by Gasteiger charge is 2.34. The van der Waals surface area contributed by atoms with E-state index in [9.17, 15) is 4.79 Å². The predicted molar refractivity (Wildman–Crippen MR) is 65.2 cm³/mol. The number of carbonyl (C=O) groups is 1. The number of pyridine rings is 1. The van der Waals surface area contributed by atoms with Crippen molar-refractivity contribution in [3.8, 4) is 11.8 Å². The van der Waals surface area contributed by atoms with Gasteiger partial charge in [-0.3, -0.25) is 9.78 Å². The Morgan fingerprint density at radius 3 is 3.12 bits per heavy atom. The second-order valence-electron chi connectivity index (χ2n) is 4.22. The SMILES string of the molecule is CC1CC1NC(=O)c1ccncc1C#CCN. The maximum Gasteiger partial charge on any atom is 0.252 e. The van der Waals surface area contributed by atoms with E-state index in [1.54, 1.807) is 18.5 Å². The maximum atomic E-state index is 12.0. The van der Waals surface area contributed by atoms with Crippen molar-refractivity contribution in [2.75, 3.05) is 6.54 Å². The Labute approximate surface area is 101 Å². The molecule has 1 aliphatic rings. The number of nitrogens with one attached hydrogen (secondary N) is 1. The van der Waals surface area contributed by atoms with Crippen molar-refractivity contribution >= 4 is 5.91 Å². The molecular formula is C13H15N3O. The fraction of sp³-hybridized carbons (Fsp3) is 0.385. The number of nitrogens with two attached hydrogens (primary N) is 1. The van der Waals surface area contributed by atoms with Crippen molar-refractivity contribution in [1.29, 1.82) is 0 Å². The monoisotopic (exact) mass is 229 g/mol. The average molecular weight is 229 g/mol. The van der Waals surface area contributed by atoms with E-state index in [2.05, 4.69) is 29.1 Å². The molecule has 0 saturated heterocycles. The molecule has 2 rings (SSSR count). The summed E-state index contributed by atoms with van der Waals surface area (Å²) in [5.41, 5.74) is 6.51. The molecule has 4 nitrogen and oxygen atoms in total. The summed E-state index contributed by atoms with van der Waals surface area (Å²) >= 11 is 0. The molecule has 0 aliphatic heterocycles. The van der Waals surface area contributed by atoms with Crippen LogP contribution in [-0.2, 0) is 0 Å². The van der Waals surface area contributed by atoms with Crippen LogP contribution in [0.5, 0.6) is 0 Å². The zero-order valence-corrected chi connectivity index (χ0v) is 9.73. The highest BCUT2D eigenvalue weighted by Crippen LogP contribution is 2.29. The summed E-state index contributed by atoms with van der Waals surface area (Å²) in [4.78, 5) is 16.0. The Bertz CT molecular complexity index is 487. The van der Waals surface area contributed by atoms with Crippen LogP contribution >= 0.6 is 0 Å². The van der Waals surface area contributed by atoms with Crippen LogP contribution in [0.15, 0.2) is 18.5 Å². The van der Waals surface area contributed by atoms with Gasteiger partial charge in [0, 0.05) is 18.4 Å². The van der Waals surface area contributed by atoms with Crippen LogP contribution in [0.3, 0.4) is 0 Å². The topological polar surface area (TPSA) is 68.0 Å². The summed E-state index contributed by atoms with van der Waals surface area (Å²) < 4.78 is 0. The molecule has 17 heavy (non-hydrogen) atoms. The lowest BCUT2D eigenvalue weighted by Gasteiger charge is -2.05. The van der Waals surface area contributed by atoms with Gasteiger partial charge in [-0.1, -0.05) is 18.8 Å². The second kappa shape index (κ2) is 4.98. The molecule has 1 heterocycles. The van der Waals surface area contributed by atoms with Crippen LogP contribution in [0, 0.1) is 17.8 Å². The molecule has 3 N–H and O–H groups in total. The van der Waals surface area contributed by atoms with Gasteiger partial charge in [0.1, 0.15) is 0 Å². The van der Waals surface area contributed by atoms with Crippen LogP contribution in [0.25, 0.3) is 0 Å². The molecule has 1 fully saturated rings. The van der Waals surface area contributed by atoms with Gasteiger partial charge >= 0.3 is 0 Å². The first-order chi connectivity index (χ1) is 8.22. The first-order valence-corrected chi connectivity index (χ1v) is 5.66. The van der Waals surface area contributed by atoms with Gasteiger partial charge in [-0.2, -0.15) is 0 Å².